The molecule has 1 N–H and O–H groups in total. The standard InChI is InChI=1S/C25H20FNO4/c1-17(23(28)31-16-19-10-6-3-7-11-19)25(30)21-14-20(26)12-13-22(21)27(24(25)29)15-18-8-4-2-5-9-18/h2-14,30H,1,15-16H2/t25-/m0/s1. The van der Waals surface area contributed by atoms with Crippen LogP contribution in [-0.4, -0.2) is 17.0 Å². The molecule has 3 aromatic carbocycles. The van der Waals surface area contributed by atoms with Crippen molar-refractivity contribution in [2.75, 3.05) is 4.90 Å². The van der Waals surface area contributed by atoms with E-state index in [1.165, 1.54) is 17.0 Å². The number of hydrogen-bond donors (Lipinski definition) is 1. The van der Waals surface area contributed by atoms with Crippen LogP contribution in [-0.2, 0) is 33.1 Å². The quantitative estimate of drug-likeness (QED) is 0.489. The number of fused-ring (bicyclic) bond motifs is 1. The Bertz CT molecular complexity index is 1150. The molecule has 0 aliphatic carbocycles. The number of halogens is 1. The lowest BCUT2D eigenvalue weighted by Gasteiger charge is -2.24. The van der Waals surface area contributed by atoms with Gasteiger partial charge in [0.1, 0.15) is 12.4 Å². The van der Waals surface area contributed by atoms with Gasteiger partial charge in [0.15, 0.2) is 0 Å². The van der Waals surface area contributed by atoms with Crippen molar-refractivity contribution < 1.29 is 23.8 Å². The Kier molecular flexibility index (Phi) is 5.40. The third kappa shape index (κ3) is 3.73. The van der Waals surface area contributed by atoms with Crippen LogP contribution in [0.4, 0.5) is 10.1 Å². The molecule has 0 unspecified atom stereocenters. The van der Waals surface area contributed by atoms with Crippen LogP contribution in [0.5, 0.6) is 0 Å². The lowest BCUT2D eigenvalue weighted by molar-refractivity contribution is -0.147. The fourth-order valence-corrected chi connectivity index (χ4v) is 3.63. The molecule has 0 saturated heterocycles. The molecule has 1 atom stereocenters. The van der Waals surface area contributed by atoms with Gasteiger partial charge in [-0.3, -0.25) is 4.79 Å². The Labute approximate surface area is 179 Å². The van der Waals surface area contributed by atoms with Crippen molar-refractivity contribution in [1.29, 1.82) is 0 Å². The van der Waals surface area contributed by atoms with Crippen LogP contribution < -0.4 is 4.90 Å². The first-order valence-corrected chi connectivity index (χ1v) is 9.70. The molecule has 0 saturated carbocycles. The highest BCUT2D eigenvalue weighted by molar-refractivity contribution is 6.13. The first kappa shape index (κ1) is 20.5. The van der Waals surface area contributed by atoms with E-state index in [2.05, 4.69) is 6.58 Å². The monoisotopic (exact) mass is 417 g/mol. The highest BCUT2D eigenvalue weighted by Crippen LogP contribution is 2.45. The highest BCUT2D eigenvalue weighted by Gasteiger charge is 2.54. The van der Waals surface area contributed by atoms with Crippen molar-refractivity contribution in [3.8, 4) is 0 Å². The SMILES string of the molecule is C=C(C(=O)OCc1ccccc1)[C@@]1(O)C(=O)N(Cc2ccccc2)c2ccc(F)cc21. The van der Waals surface area contributed by atoms with Gasteiger partial charge in [0, 0.05) is 5.56 Å². The number of nitrogens with zero attached hydrogens (tertiary/aromatic N) is 1. The van der Waals surface area contributed by atoms with Gasteiger partial charge in [-0.25, -0.2) is 9.18 Å². The minimum Gasteiger partial charge on any atom is -0.457 e. The average Bonchev–Trinajstić information content (AvgIpc) is 3.00. The summed E-state index contributed by atoms with van der Waals surface area (Å²) >= 11 is 0. The van der Waals surface area contributed by atoms with Gasteiger partial charge in [-0.05, 0) is 29.3 Å². The number of benzene rings is 3. The maximum absolute atomic E-state index is 14.0. The summed E-state index contributed by atoms with van der Waals surface area (Å²) < 4.78 is 19.3. The smallest absolute Gasteiger partial charge is 0.337 e. The summed E-state index contributed by atoms with van der Waals surface area (Å²) in [7, 11) is 0. The van der Waals surface area contributed by atoms with Gasteiger partial charge in [-0.1, -0.05) is 67.2 Å². The third-order valence-electron chi connectivity index (χ3n) is 5.27. The number of aliphatic hydroxyl groups is 1. The van der Waals surface area contributed by atoms with Crippen molar-refractivity contribution in [3.05, 3.63) is 114 Å². The van der Waals surface area contributed by atoms with E-state index in [-0.39, 0.29) is 18.7 Å². The molecule has 4 rings (SSSR count). The van der Waals surface area contributed by atoms with Crippen molar-refractivity contribution in [1.82, 2.24) is 0 Å². The summed E-state index contributed by atoms with van der Waals surface area (Å²) in [6.07, 6.45) is 0. The Hall–Kier alpha value is -3.77. The second kappa shape index (κ2) is 8.16. The van der Waals surface area contributed by atoms with Crippen molar-refractivity contribution in [2.45, 2.75) is 18.8 Å². The lowest BCUT2D eigenvalue weighted by Crippen LogP contribution is -2.43. The summed E-state index contributed by atoms with van der Waals surface area (Å²) in [4.78, 5) is 27.3. The van der Waals surface area contributed by atoms with E-state index in [1.807, 2.05) is 36.4 Å². The van der Waals surface area contributed by atoms with Crippen molar-refractivity contribution in [3.63, 3.8) is 0 Å². The lowest BCUT2D eigenvalue weighted by atomic mass is 9.88. The molecular weight excluding hydrogens is 397 g/mol. The van der Waals surface area contributed by atoms with Gasteiger partial charge in [-0.15, -0.1) is 0 Å². The topological polar surface area (TPSA) is 66.8 Å². The van der Waals surface area contributed by atoms with Gasteiger partial charge in [-0.2, -0.15) is 0 Å². The van der Waals surface area contributed by atoms with Crippen LogP contribution in [0.25, 0.3) is 0 Å². The van der Waals surface area contributed by atoms with E-state index >= 15 is 0 Å². The fraction of sp³-hybridized carbons (Fsp3) is 0.120. The number of hydrogen-bond acceptors (Lipinski definition) is 4. The van der Waals surface area contributed by atoms with Crippen LogP contribution in [0.1, 0.15) is 16.7 Å². The van der Waals surface area contributed by atoms with Crippen LogP contribution in [0.2, 0.25) is 0 Å². The van der Waals surface area contributed by atoms with Crippen LogP contribution in [0.3, 0.4) is 0 Å². The molecule has 5 nitrogen and oxygen atoms in total. The van der Waals surface area contributed by atoms with E-state index in [0.29, 0.717) is 5.69 Å². The van der Waals surface area contributed by atoms with Crippen LogP contribution in [0, 0.1) is 5.82 Å². The van der Waals surface area contributed by atoms with E-state index in [1.54, 1.807) is 24.3 Å². The largest absolute Gasteiger partial charge is 0.457 e. The molecule has 0 spiro atoms. The van der Waals surface area contributed by atoms with Gasteiger partial charge in [0.2, 0.25) is 5.60 Å². The van der Waals surface area contributed by atoms with Gasteiger partial charge in [0.05, 0.1) is 17.8 Å². The predicted molar refractivity (Wildman–Crippen MR) is 113 cm³/mol. The zero-order valence-corrected chi connectivity index (χ0v) is 16.6. The molecule has 0 radical (unpaired) electrons. The molecule has 31 heavy (non-hydrogen) atoms. The zero-order chi connectivity index (χ0) is 22.0. The molecule has 1 aliphatic heterocycles. The number of rotatable bonds is 6. The molecule has 3 aromatic rings. The van der Waals surface area contributed by atoms with E-state index in [4.69, 9.17) is 4.74 Å². The fourth-order valence-electron chi connectivity index (χ4n) is 3.63. The summed E-state index contributed by atoms with van der Waals surface area (Å²) in [5.41, 5.74) is -1.04. The van der Waals surface area contributed by atoms with E-state index < -0.39 is 28.9 Å². The Morgan fingerprint density at radius 2 is 1.61 bits per heavy atom. The normalized spacial score (nSPS) is 17.4. The Morgan fingerprint density at radius 3 is 2.26 bits per heavy atom. The average molecular weight is 417 g/mol. The molecular formula is C25H20FNO4. The van der Waals surface area contributed by atoms with Crippen molar-refractivity contribution >= 4 is 17.6 Å². The number of carbonyl (C=O) groups excluding carboxylic acids is 2. The number of ether oxygens (including phenoxy) is 1. The summed E-state index contributed by atoms with van der Waals surface area (Å²) in [5, 5.41) is 11.4. The molecule has 0 aromatic heterocycles. The van der Waals surface area contributed by atoms with E-state index in [0.717, 1.165) is 17.2 Å². The van der Waals surface area contributed by atoms with E-state index in [9.17, 15) is 19.1 Å². The molecule has 1 aliphatic rings. The third-order valence-corrected chi connectivity index (χ3v) is 5.27. The molecule has 0 bridgehead atoms. The maximum Gasteiger partial charge on any atom is 0.337 e. The molecule has 1 amide bonds. The summed E-state index contributed by atoms with van der Waals surface area (Å²) in [6, 6.07) is 21.8. The highest BCUT2D eigenvalue weighted by atomic mass is 19.1. The minimum absolute atomic E-state index is 0.0323. The van der Waals surface area contributed by atoms with Gasteiger partial charge < -0.3 is 14.7 Å². The molecule has 1 heterocycles. The van der Waals surface area contributed by atoms with Crippen molar-refractivity contribution in [2.24, 2.45) is 0 Å². The Balaban J connectivity index is 1.64. The predicted octanol–water partition coefficient (Wildman–Crippen LogP) is 3.86. The Morgan fingerprint density at radius 1 is 1.00 bits per heavy atom. The number of esters is 1. The molecule has 6 heteroatoms. The number of amides is 1. The number of carbonyl (C=O) groups is 2. The molecule has 156 valence electrons. The van der Waals surface area contributed by atoms with Crippen LogP contribution >= 0.6 is 0 Å². The number of anilines is 1. The summed E-state index contributed by atoms with van der Waals surface area (Å²) in [6.45, 7) is 3.74. The maximum atomic E-state index is 14.0. The van der Waals surface area contributed by atoms with Gasteiger partial charge >= 0.3 is 5.97 Å². The summed E-state index contributed by atoms with van der Waals surface area (Å²) in [5.74, 6) is -2.35. The van der Waals surface area contributed by atoms with Gasteiger partial charge in [0.25, 0.3) is 5.91 Å². The zero-order valence-electron chi connectivity index (χ0n) is 16.6. The first-order valence-electron chi connectivity index (χ1n) is 9.70. The minimum atomic E-state index is -2.42. The molecule has 0 fully saturated rings. The second-order valence-electron chi connectivity index (χ2n) is 7.29. The first-order chi connectivity index (χ1) is 14.9. The van der Waals surface area contributed by atoms with Crippen LogP contribution in [0.15, 0.2) is 91.0 Å². The second-order valence-corrected chi connectivity index (χ2v) is 7.29.